The first-order chi connectivity index (χ1) is 19.1. The summed E-state index contributed by atoms with van der Waals surface area (Å²) < 4.78 is 5.53. The normalized spacial score (nSPS) is 11.9. The van der Waals surface area contributed by atoms with Crippen LogP contribution in [-0.2, 0) is 11.2 Å². The van der Waals surface area contributed by atoms with Gasteiger partial charge in [0.2, 0.25) is 0 Å². The maximum absolute atomic E-state index is 12.2. The summed E-state index contributed by atoms with van der Waals surface area (Å²) in [6.07, 6.45) is 20.3. The molecule has 0 aliphatic rings. The summed E-state index contributed by atoms with van der Waals surface area (Å²) >= 11 is 0. The standard InChI is InChI=1S/C35H48N2O2/c1-4-6-7-8-9-10-11-16-29-18-20-31(21-19-29)35-36-26-32(27-37-35)30-22-24-33(25-23-30)39-34(38)17-13-12-15-28(3)14-5-2/h18-28H,4-17H2,1-3H3. The van der Waals surface area contributed by atoms with Gasteiger partial charge in [-0.25, -0.2) is 9.97 Å². The number of carbonyl (C=O) groups excluding carboxylic acids is 1. The van der Waals surface area contributed by atoms with Crippen LogP contribution in [0.1, 0.15) is 110 Å². The van der Waals surface area contributed by atoms with Crippen molar-refractivity contribution in [2.75, 3.05) is 0 Å². The van der Waals surface area contributed by atoms with Gasteiger partial charge in [0, 0.05) is 29.9 Å². The molecule has 1 aromatic heterocycles. The Hall–Kier alpha value is -3.01. The van der Waals surface area contributed by atoms with Gasteiger partial charge in [-0.1, -0.05) is 121 Å². The molecule has 3 rings (SSSR count). The SMILES string of the molecule is CCCCCCCCCc1ccc(-c2ncc(-c3ccc(OC(=O)CCCCC(C)CCC)cc3)cn2)cc1. The molecule has 210 valence electrons. The second kappa shape index (κ2) is 17.6. The van der Waals surface area contributed by atoms with Gasteiger partial charge in [0.05, 0.1) is 0 Å². The minimum atomic E-state index is -0.160. The number of hydrogen-bond donors (Lipinski definition) is 0. The van der Waals surface area contributed by atoms with Crippen LogP contribution in [0, 0.1) is 5.92 Å². The first-order valence-corrected chi connectivity index (χ1v) is 15.3. The van der Waals surface area contributed by atoms with E-state index in [0.29, 0.717) is 12.2 Å². The number of aromatic nitrogens is 2. The van der Waals surface area contributed by atoms with Crippen LogP contribution in [0.3, 0.4) is 0 Å². The molecule has 1 atom stereocenters. The predicted octanol–water partition coefficient (Wildman–Crippen LogP) is 10.0. The minimum absolute atomic E-state index is 0.160. The van der Waals surface area contributed by atoms with Crippen LogP contribution >= 0.6 is 0 Å². The molecule has 0 saturated carbocycles. The van der Waals surface area contributed by atoms with Crippen molar-refractivity contribution in [1.82, 2.24) is 9.97 Å². The molecule has 0 fully saturated rings. The molecule has 39 heavy (non-hydrogen) atoms. The average molecular weight is 529 g/mol. The lowest BCUT2D eigenvalue weighted by Gasteiger charge is -2.09. The first kappa shape index (κ1) is 30.5. The van der Waals surface area contributed by atoms with Crippen molar-refractivity contribution < 1.29 is 9.53 Å². The number of rotatable bonds is 18. The minimum Gasteiger partial charge on any atom is -0.427 e. The quantitative estimate of drug-likeness (QED) is 0.0936. The zero-order chi connectivity index (χ0) is 27.7. The Morgan fingerprint density at radius 2 is 1.33 bits per heavy atom. The van der Waals surface area contributed by atoms with Gasteiger partial charge in [-0.15, -0.1) is 0 Å². The van der Waals surface area contributed by atoms with Gasteiger partial charge >= 0.3 is 5.97 Å². The molecule has 0 spiro atoms. The third-order valence-corrected chi connectivity index (χ3v) is 7.46. The van der Waals surface area contributed by atoms with Crippen molar-refractivity contribution in [2.45, 2.75) is 111 Å². The first-order valence-electron chi connectivity index (χ1n) is 15.3. The summed E-state index contributed by atoms with van der Waals surface area (Å²) in [5, 5.41) is 0. The lowest BCUT2D eigenvalue weighted by atomic mass is 9.99. The molecule has 0 aliphatic heterocycles. The molecule has 0 saturated heterocycles. The maximum Gasteiger partial charge on any atom is 0.311 e. The summed E-state index contributed by atoms with van der Waals surface area (Å²) in [7, 11) is 0. The summed E-state index contributed by atoms with van der Waals surface area (Å²) in [6.45, 7) is 6.77. The number of nitrogens with zero attached hydrogens (tertiary/aromatic N) is 2. The largest absolute Gasteiger partial charge is 0.427 e. The fourth-order valence-electron chi connectivity index (χ4n) is 5.03. The van der Waals surface area contributed by atoms with E-state index in [-0.39, 0.29) is 5.97 Å². The predicted molar refractivity (Wildman–Crippen MR) is 163 cm³/mol. The zero-order valence-electron chi connectivity index (χ0n) is 24.5. The van der Waals surface area contributed by atoms with E-state index in [0.717, 1.165) is 47.7 Å². The van der Waals surface area contributed by atoms with Gasteiger partial charge in [0.15, 0.2) is 5.82 Å². The summed E-state index contributed by atoms with van der Waals surface area (Å²) in [5.41, 5.74) is 4.35. The van der Waals surface area contributed by atoms with Gasteiger partial charge in [-0.2, -0.15) is 0 Å². The molecule has 4 heteroatoms. The number of unbranched alkanes of at least 4 members (excludes halogenated alkanes) is 7. The highest BCUT2D eigenvalue weighted by molar-refractivity contribution is 5.73. The fourth-order valence-corrected chi connectivity index (χ4v) is 5.03. The molecular weight excluding hydrogens is 480 g/mol. The fraction of sp³-hybridized carbons (Fsp3) is 0.514. The highest BCUT2D eigenvalue weighted by Gasteiger charge is 2.08. The van der Waals surface area contributed by atoms with Crippen LogP contribution in [0.5, 0.6) is 5.75 Å². The van der Waals surface area contributed by atoms with Crippen molar-refractivity contribution >= 4 is 5.97 Å². The Morgan fingerprint density at radius 3 is 2.00 bits per heavy atom. The number of ether oxygens (including phenoxy) is 1. The van der Waals surface area contributed by atoms with E-state index in [2.05, 4.69) is 55.0 Å². The van der Waals surface area contributed by atoms with Gasteiger partial charge in [-0.3, -0.25) is 4.79 Å². The van der Waals surface area contributed by atoms with Crippen LogP contribution in [0.15, 0.2) is 60.9 Å². The molecule has 0 radical (unpaired) electrons. The van der Waals surface area contributed by atoms with E-state index >= 15 is 0 Å². The molecule has 1 unspecified atom stereocenters. The summed E-state index contributed by atoms with van der Waals surface area (Å²) in [6, 6.07) is 16.2. The van der Waals surface area contributed by atoms with Crippen LogP contribution < -0.4 is 4.74 Å². The monoisotopic (exact) mass is 528 g/mol. The van der Waals surface area contributed by atoms with Gasteiger partial charge in [-0.05, 0) is 48.4 Å². The number of esters is 1. The average Bonchev–Trinajstić information content (AvgIpc) is 2.96. The topological polar surface area (TPSA) is 52.1 Å². The lowest BCUT2D eigenvalue weighted by molar-refractivity contribution is -0.134. The third kappa shape index (κ3) is 11.3. The third-order valence-electron chi connectivity index (χ3n) is 7.46. The van der Waals surface area contributed by atoms with Crippen molar-refractivity contribution in [3.05, 3.63) is 66.5 Å². The number of aryl methyl sites for hydroxylation is 1. The molecule has 1 heterocycles. The van der Waals surface area contributed by atoms with Gasteiger partial charge < -0.3 is 4.74 Å². The Kier molecular flexibility index (Phi) is 13.7. The molecule has 2 aromatic carbocycles. The Morgan fingerprint density at radius 1 is 0.692 bits per heavy atom. The Labute approximate surface area is 236 Å². The van der Waals surface area contributed by atoms with Gasteiger partial charge in [0.1, 0.15) is 5.75 Å². The molecule has 4 nitrogen and oxygen atoms in total. The molecular formula is C35H48N2O2. The maximum atomic E-state index is 12.2. The van der Waals surface area contributed by atoms with Crippen LogP contribution in [0.4, 0.5) is 0 Å². The van der Waals surface area contributed by atoms with Gasteiger partial charge in [0.25, 0.3) is 0 Å². The van der Waals surface area contributed by atoms with E-state index in [4.69, 9.17) is 4.74 Å². The van der Waals surface area contributed by atoms with Crippen LogP contribution in [-0.4, -0.2) is 15.9 Å². The summed E-state index contributed by atoms with van der Waals surface area (Å²) in [5.74, 6) is 1.89. The van der Waals surface area contributed by atoms with Crippen molar-refractivity contribution in [3.63, 3.8) is 0 Å². The van der Waals surface area contributed by atoms with E-state index < -0.39 is 0 Å². The van der Waals surface area contributed by atoms with E-state index in [1.165, 1.54) is 69.8 Å². The van der Waals surface area contributed by atoms with Crippen molar-refractivity contribution in [3.8, 4) is 28.3 Å². The molecule has 0 bridgehead atoms. The zero-order valence-corrected chi connectivity index (χ0v) is 24.5. The van der Waals surface area contributed by atoms with E-state index in [9.17, 15) is 4.79 Å². The van der Waals surface area contributed by atoms with Crippen molar-refractivity contribution in [2.24, 2.45) is 5.92 Å². The van der Waals surface area contributed by atoms with Crippen molar-refractivity contribution in [1.29, 1.82) is 0 Å². The molecule has 0 N–H and O–H groups in total. The smallest absolute Gasteiger partial charge is 0.311 e. The number of carbonyl (C=O) groups is 1. The molecule has 0 aliphatic carbocycles. The van der Waals surface area contributed by atoms with Crippen LogP contribution in [0.25, 0.3) is 22.5 Å². The van der Waals surface area contributed by atoms with Crippen LogP contribution in [0.2, 0.25) is 0 Å². The highest BCUT2D eigenvalue weighted by atomic mass is 16.5. The summed E-state index contributed by atoms with van der Waals surface area (Å²) in [4.78, 5) is 21.4. The number of hydrogen-bond acceptors (Lipinski definition) is 4. The highest BCUT2D eigenvalue weighted by Crippen LogP contribution is 2.24. The van der Waals surface area contributed by atoms with E-state index in [1.807, 2.05) is 36.7 Å². The number of benzene rings is 2. The second-order valence-corrected chi connectivity index (χ2v) is 11.0. The lowest BCUT2D eigenvalue weighted by Crippen LogP contribution is -2.07. The van der Waals surface area contributed by atoms with E-state index in [1.54, 1.807) is 0 Å². The second-order valence-electron chi connectivity index (χ2n) is 11.0. The molecule has 0 amide bonds. The molecule has 3 aromatic rings. The Balaban J connectivity index is 1.42. The Bertz CT molecular complexity index is 1080.